The standard InChI is InChI=1S/C14H10N4O5S2/c1-7-11(12(19)18-4-5-24-13(18)15-7)17-25(21,22)8-2-3-9-10(6-8)23-14(20)16-9/h2-6,17H,1H3,(H,16,20). The monoisotopic (exact) mass is 378 g/mol. The number of aromatic amines is 1. The number of aromatic nitrogens is 3. The number of sulfonamides is 1. The molecule has 0 atom stereocenters. The molecule has 0 amide bonds. The van der Waals surface area contributed by atoms with Gasteiger partial charge in [0.15, 0.2) is 10.5 Å². The van der Waals surface area contributed by atoms with Gasteiger partial charge in [0.2, 0.25) is 0 Å². The molecule has 25 heavy (non-hydrogen) atoms. The lowest BCUT2D eigenvalue weighted by Gasteiger charge is -2.09. The van der Waals surface area contributed by atoms with Crippen LogP contribution >= 0.6 is 11.3 Å². The summed E-state index contributed by atoms with van der Waals surface area (Å²) in [6.07, 6.45) is 1.52. The fourth-order valence-electron chi connectivity index (χ4n) is 2.39. The van der Waals surface area contributed by atoms with Gasteiger partial charge in [-0.05, 0) is 19.1 Å². The molecule has 4 rings (SSSR count). The van der Waals surface area contributed by atoms with Crippen LogP contribution in [0.4, 0.5) is 5.69 Å². The lowest BCUT2D eigenvalue weighted by molar-refractivity contribution is 0.554. The molecule has 11 heteroatoms. The molecule has 128 valence electrons. The van der Waals surface area contributed by atoms with E-state index in [0.29, 0.717) is 10.5 Å². The van der Waals surface area contributed by atoms with E-state index in [9.17, 15) is 18.0 Å². The molecule has 0 unspecified atom stereocenters. The van der Waals surface area contributed by atoms with E-state index in [1.165, 1.54) is 40.1 Å². The third-order valence-corrected chi connectivity index (χ3v) is 5.69. The van der Waals surface area contributed by atoms with E-state index in [-0.39, 0.29) is 21.9 Å². The minimum atomic E-state index is -4.07. The molecular formula is C14H10N4O5S2. The predicted octanol–water partition coefficient (Wildman–Crippen LogP) is 1.30. The number of oxazole rings is 1. The van der Waals surface area contributed by atoms with Gasteiger partial charge < -0.3 is 4.42 Å². The van der Waals surface area contributed by atoms with Crippen molar-refractivity contribution in [3.05, 3.63) is 56.4 Å². The van der Waals surface area contributed by atoms with Crippen LogP contribution in [0, 0.1) is 6.92 Å². The van der Waals surface area contributed by atoms with E-state index in [4.69, 9.17) is 4.42 Å². The third kappa shape index (κ3) is 2.53. The summed E-state index contributed by atoms with van der Waals surface area (Å²) in [5.74, 6) is -0.682. The summed E-state index contributed by atoms with van der Waals surface area (Å²) in [5.41, 5.74) is 0.104. The molecule has 0 saturated heterocycles. The van der Waals surface area contributed by atoms with E-state index in [2.05, 4.69) is 14.7 Å². The second kappa shape index (κ2) is 5.29. The first-order valence-electron chi connectivity index (χ1n) is 6.97. The molecule has 0 aliphatic rings. The van der Waals surface area contributed by atoms with Gasteiger partial charge in [-0.25, -0.2) is 18.2 Å². The molecule has 0 radical (unpaired) electrons. The second-order valence-corrected chi connectivity index (χ2v) is 7.77. The Kier molecular flexibility index (Phi) is 3.30. The van der Waals surface area contributed by atoms with Crippen LogP contribution in [0.5, 0.6) is 0 Å². The summed E-state index contributed by atoms with van der Waals surface area (Å²) in [6.45, 7) is 1.55. The van der Waals surface area contributed by atoms with Crippen LogP contribution < -0.4 is 16.0 Å². The fraction of sp³-hybridized carbons (Fsp3) is 0.0714. The Balaban J connectivity index is 1.83. The number of anilines is 1. The van der Waals surface area contributed by atoms with Crippen molar-refractivity contribution < 1.29 is 12.8 Å². The van der Waals surface area contributed by atoms with Crippen molar-refractivity contribution in [1.29, 1.82) is 0 Å². The molecule has 0 aliphatic carbocycles. The number of aryl methyl sites for hydroxylation is 1. The van der Waals surface area contributed by atoms with Crippen molar-refractivity contribution in [2.24, 2.45) is 0 Å². The van der Waals surface area contributed by atoms with Crippen molar-refractivity contribution in [2.45, 2.75) is 11.8 Å². The van der Waals surface area contributed by atoms with Gasteiger partial charge in [-0.1, -0.05) is 0 Å². The summed E-state index contributed by atoms with van der Waals surface area (Å²) in [6, 6.07) is 3.92. The number of thiazole rings is 1. The smallest absolute Gasteiger partial charge is 0.408 e. The van der Waals surface area contributed by atoms with Gasteiger partial charge in [-0.3, -0.25) is 18.9 Å². The van der Waals surface area contributed by atoms with Gasteiger partial charge in [0.05, 0.1) is 16.1 Å². The normalized spacial score (nSPS) is 12.0. The molecule has 3 aromatic heterocycles. The van der Waals surface area contributed by atoms with Gasteiger partial charge in [0.1, 0.15) is 5.69 Å². The Bertz CT molecular complexity index is 1340. The number of nitrogens with zero attached hydrogens (tertiary/aromatic N) is 2. The van der Waals surface area contributed by atoms with Crippen LogP contribution in [0.25, 0.3) is 16.1 Å². The topological polar surface area (TPSA) is 127 Å². The molecular weight excluding hydrogens is 368 g/mol. The van der Waals surface area contributed by atoms with E-state index < -0.39 is 21.3 Å². The first-order valence-corrected chi connectivity index (χ1v) is 9.33. The Labute approximate surface area is 143 Å². The largest absolute Gasteiger partial charge is 0.417 e. The van der Waals surface area contributed by atoms with Crippen molar-refractivity contribution in [2.75, 3.05) is 4.72 Å². The number of hydrogen-bond donors (Lipinski definition) is 2. The summed E-state index contributed by atoms with van der Waals surface area (Å²) in [7, 11) is -4.07. The predicted molar refractivity (Wildman–Crippen MR) is 91.7 cm³/mol. The maximum Gasteiger partial charge on any atom is 0.417 e. The average molecular weight is 378 g/mol. The number of fused-ring (bicyclic) bond motifs is 2. The Hall–Kier alpha value is -2.92. The second-order valence-electron chi connectivity index (χ2n) is 5.21. The lowest BCUT2D eigenvalue weighted by atomic mass is 10.3. The highest BCUT2D eigenvalue weighted by Crippen LogP contribution is 2.20. The third-order valence-electron chi connectivity index (χ3n) is 3.59. The van der Waals surface area contributed by atoms with Crippen molar-refractivity contribution >= 4 is 43.1 Å². The van der Waals surface area contributed by atoms with Crippen molar-refractivity contribution in [1.82, 2.24) is 14.4 Å². The minimum absolute atomic E-state index is 0.104. The zero-order valence-corrected chi connectivity index (χ0v) is 14.3. The van der Waals surface area contributed by atoms with E-state index in [0.717, 1.165) is 0 Å². The Morgan fingerprint density at radius 2 is 2.12 bits per heavy atom. The SMILES string of the molecule is Cc1nc2sccn2c(=O)c1NS(=O)(=O)c1ccc2[nH]c(=O)oc2c1. The summed E-state index contributed by atoms with van der Waals surface area (Å²) < 4.78 is 33.6. The molecule has 4 aromatic rings. The minimum Gasteiger partial charge on any atom is -0.408 e. The first-order chi connectivity index (χ1) is 11.8. The zero-order valence-electron chi connectivity index (χ0n) is 12.6. The molecule has 0 fully saturated rings. The van der Waals surface area contributed by atoms with Gasteiger partial charge in [-0.2, -0.15) is 0 Å². The summed E-state index contributed by atoms with van der Waals surface area (Å²) in [4.78, 5) is 30.6. The molecule has 1 aromatic carbocycles. The van der Waals surface area contributed by atoms with E-state index in [1.54, 1.807) is 12.3 Å². The van der Waals surface area contributed by atoms with Crippen molar-refractivity contribution in [3.8, 4) is 0 Å². The van der Waals surface area contributed by atoms with Crippen LogP contribution in [-0.2, 0) is 10.0 Å². The molecule has 9 nitrogen and oxygen atoms in total. The number of benzene rings is 1. The maximum absolute atomic E-state index is 12.6. The van der Waals surface area contributed by atoms with Crippen LogP contribution in [0.1, 0.15) is 5.69 Å². The first kappa shape index (κ1) is 15.6. The molecule has 3 heterocycles. The van der Waals surface area contributed by atoms with Gasteiger partial charge in [0, 0.05) is 17.6 Å². The molecule has 2 N–H and O–H groups in total. The average Bonchev–Trinajstić information content (AvgIpc) is 3.15. The quantitative estimate of drug-likeness (QED) is 0.553. The van der Waals surface area contributed by atoms with Crippen LogP contribution in [0.2, 0.25) is 0 Å². The molecule has 0 spiro atoms. The highest BCUT2D eigenvalue weighted by atomic mass is 32.2. The Morgan fingerprint density at radius 3 is 2.92 bits per heavy atom. The summed E-state index contributed by atoms with van der Waals surface area (Å²) in [5, 5.41) is 1.68. The number of rotatable bonds is 3. The number of H-pyrrole nitrogens is 1. The number of hydrogen-bond acceptors (Lipinski definition) is 7. The van der Waals surface area contributed by atoms with Gasteiger partial charge in [0.25, 0.3) is 15.6 Å². The van der Waals surface area contributed by atoms with Gasteiger partial charge in [-0.15, -0.1) is 11.3 Å². The molecule has 0 aliphatic heterocycles. The lowest BCUT2D eigenvalue weighted by Crippen LogP contribution is -2.24. The maximum atomic E-state index is 12.6. The Morgan fingerprint density at radius 1 is 1.32 bits per heavy atom. The van der Waals surface area contributed by atoms with E-state index >= 15 is 0 Å². The van der Waals surface area contributed by atoms with Crippen LogP contribution in [0.3, 0.4) is 0 Å². The zero-order chi connectivity index (χ0) is 17.8. The van der Waals surface area contributed by atoms with Crippen LogP contribution in [-0.4, -0.2) is 22.8 Å². The molecule has 0 bridgehead atoms. The fourth-order valence-corrected chi connectivity index (χ4v) is 4.27. The van der Waals surface area contributed by atoms with Gasteiger partial charge >= 0.3 is 5.76 Å². The van der Waals surface area contributed by atoms with E-state index in [1.807, 2.05) is 0 Å². The van der Waals surface area contributed by atoms with Crippen LogP contribution in [0.15, 0.2) is 48.7 Å². The molecule has 0 saturated carbocycles. The summed E-state index contributed by atoms with van der Waals surface area (Å²) >= 11 is 1.27. The number of nitrogens with one attached hydrogen (secondary N) is 2. The van der Waals surface area contributed by atoms with Crippen molar-refractivity contribution in [3.63, 3.8) is 0 Å². The highest BCUT2D eigenvalue weighted by molar-refractivity contribution is 7.92. The highest BCUT2D eigenvalue weighted by Gasteiger charge is 2.20.